The van der Waals surface area contributed by atoms with Gasteiger partial charge in [0, 0.05) is 30.4 Å². The maximum absolute atomic E-state index is 11.9. The first-order chi connectivity index (χ1) is 12.2. The van der Waals surface area contributed by atoms with Crippen molar-refractivity contribution < 1.29 is 9.90 Å². The van der Waals surface area contributed by atoms with E-state index in [1.807, 2.05) is 54.6 Å². The zero-order chi connectivity index (χ0) is 17.2. The lowest BCUT2D eigenvalue weighted by atomic mass is 10.0. The summed E-state index contributed by atoms with van der Waals surface area (Å²) in [6.07, 6.45) is 3.19. The fraction of sp³-hybridized carbons (Fsp3) is 0.143. The Kier molecular flexibility index (Phi) is 3.94. The van der Waals surface area contributed by atoms with Gasteiger partial charge in [0.25, 0.3) is 0 Å². The predicted molar refractivity (Wildman–Crippen MR) is 101 cm³/mol. The SMILES string of the molecule is O=C1CCCN1c1cccc(N=Cc2c(O)ccc3ccccc23)c1. The Bertz CT molecular complexity index is 979. The number of nitrogens with zero attached hydrogens (tertiary/aromatic N) is 2. The van der Waals surface area contributed by atoms with Crippen LogP contribution in [0.5, 0.6) is 5.75 Å². The van der Waals surface area contributed by atoms with Crippen molar-refractivity contribution in [3.8, 4) is 5.75 Å². The maximum atomic E-state index is 11.9. The zero-order valence-corrected chi connectivity index (χ0v) is 13.7. The summed E-state index contributed by atoms with van der Waals surface area (Å²) in [5.74, 6) is 0.362. The molecule has 0 bridgehead atoms. The van der Waals surface area contributed by atoms with Crippen LogP contribution in [0.4, 0.5) is 11.4 Å². The van der Waals surface area contributed by atoms with Crippen LogP contribution in [-0.4, -0.2) is 23.8 Å². The quantitative estimate of drug-likeness (QED) is 0.723. The summed E-state index contributed by atoms with van der Waals surface area (Å²) < 4.78 is 0. The maximum Gasteiger partial charge on any atom is 0.227 e. The number of phenolic OH excluding ortho intramolecular Hbond substituents is 1. The summed E-state index contributed by atoms with van der Waals surface area (Å²) in [7, 11) is 0. The molecule has 1 fully saturated rings. The largest absolute Gasteiger partial charge is 0.507 e. The number of anilines is 1. The highest BCUT2D eigenvalue weighted by molar-refractivity contribution is 6.03. The normalized spacial score (nSPS) is 14.7. The highest BCUT2D eigenvalue weighted by atomic mass is 16.3. The number of benzene rings is 3. The van der Waals surface area contributed by atoms with Gasteiger partial charge in [0.1, 0.15) is 5.75 Å². The van der Waals surface area contributed by atoms with E-state index in [2.05, 4.69) is 4.99 Å². The molecule has 1 heterocycles. The van der Waals surface area contributed by atoms with Crippen LogP contribution in [-0.2, 0) is 4.79 Å². The van der Waals surface area contributed by atoms with Crippen LogP contribution in [0, 0.1) is 0 Å². The lowest BCUT2D eigenvalue weighted by molar-refractivity contribution is -0.117. The van der Waals surface area contributed by atoms with Crippen LogP contribution in [0.3, 0.4) is 0 Å². The number of aliphatic imine (C=N–C) groups is 1. The molecule has 0 spiro atoms. The van der Waals surface area contributed by atoms with E-state index in [9.17, 15) is 9.90 Å². The molecule has 0 aromatic heterocycles. The van der Waals surface area contributed by atoms with Gasteiger partial charge < -0.3 is 10.0 Å². The van der Waals surface area contributed by atoms with E-state index in [0.717, 1.165) is 35.1 Å². The molecule has 25 heavy (non-hydrogen) atoms. The summed E-state index contributed by atoms with van der Waals surface area (Å²) in [5.41, 5.74) is 2.32. The number of carbonyl (C=O) groups excluding carboxylic acids is 1. The molecule has 3 aromatic rings. The van der Waals surface area contributed by atoms with Crippen molar-refractivity contribution in [3.63, 3.8) is 0 Å². The standard InChI is InChI=1S/C21H18N2O2/c24-20-11-10-15-5-1-2-8-18(15)19(20)14-22-16-6-3-7-17(13-16)23-12-4-9-21(23)25/h1-3,5-8,10-11,13-14,24H,4,9,12H2. The second kappa shape index (κ2) is 6.40. The van der Waals surface area contributed by atoms with Gasteiger partial charge >= 0.3 is 0 Å². The van der Waals surface area contributed by atoms with Gasteiger partial charge in [0.15, 0.2) is 0 Å². The predicted octanol–water partition coefficient (Wildman–Crippen LogP) is 4.42. The Hall–Kier alpha value is -3.14. The van der Waals surface area contributed by atoms with Crippen molar-refractivity contribution in [3.05, 3.63) is 66.2 Å². The van der Waals surface area contributed by atoms with Gasteiger partial charge in [-0.25, -0.2) is 0 Å². The molecule has 1 aliphatic heterocycles. The fourth-order valence-electron chi connectivity index (χ4n) is 3.22. The first kappa shape index (κ1) is 15.4. The van der Waals surface area contributed by atoms with Crippen molar-refractivity contribution in [2.24, 2.45) is 4.99 Å². The monoisotopic (exact) mass is 330 g/mol. The lowest BCUT2D eigenvalue weighted by Gasteiger charge is -2.15. The number of fused-ring (bicyclic) bond motifs is 1. The van der Waals surface area contributed by atoms with Crippen LogP contribution < -0.4 is 4.90 Å². The minimum atomic E-state index is 0.160. The molecule has 4 nitrogen and oxygen atoms in total. The van der Waals surface area contributed by atoms with Crippen LogP contribution in [0.15, 0.2) is 65.7 Å². The number of aromatic hydroxyl groups is 1. The third-order valence-electron chi connectivity index (χ3n) is 4.51. The summed E-state index contributed by atoms with van der Waals surface area (Å²) in [5, 5.41) is 12.2. The average Bonchev–Trinajstić information content (AvgIpc) is 3.07. The Morgan fingerprint density at radius 1 is 1.04 bits per heavy atom. The third-order valence-corrected chi connectivity index (χ3v) is 4.51. The van der Waals surface area contributed by atoms with Gasteiger partial charge in [0.2, 0.25) is 5.91 Å². The second-order valence-electron chi connectivity index (χ2n) is 6.15. The van der Waals surface area contributed by atoms with Crippen LogP contribution in [0.2, 0.25) is 0 Å². The van der Waals surface area contributed by atoms with E-state index in [1.165, 1.54) is 0 Å². The first-order valence-corrected chi connectivity index (χ1v) is 8.37. The molecule has 4 rings (SSSR count). The number of phenols is 1. The highest BCUT2D eigenvalue weighted by Gasteiger charge is 2.21. The molecule has 3 aromatic carbocycles. The smallest absolute Gasteiger partial charge is 0.227 e. The van der Waals surface area contributed by atoms with E-state index in [-0.39, 0.29) is 11.7 Å². The van der Waals surface area contributed by atoms with E-state index >= 15 is 0 Å². The lowest BCUT2D eigenvalue weighted by Crippen LogP contribution is -2.23. The Morgan fingerprint density at radius 2 is 1.92 bits per heavy atom. The summed E-state index contributed by atoms with van der Waals surface area (Å²) in [4.78, 5) is 18.2. The summed E-state index contributed by atoms with van der Waals surface area (Å²) in [6.45, 7) is 0.760. The molecule has 1 saturated heterocycles. The number of carbonyl (C=O) groups is 1. The number of hydrogen-bond acceptors (Lipinski definition) is 3. The molecule has 0 unspecified atom stereocenters. The minimum absolute atomic E-state index is 0.160. The third kappa shape index (κ3) is 2.98. The number of amides is 1. The molecule has 4 heteroatoms. The van der Waals surface area contributed by atoms with Gasteiger partial charge in [-0.15, -0.1) is 0 Å². The number of hydrogen-bond donors (Lipinski definition) is 1. The molecule has 0 atom stereocenters. The van der Waals surface area contributed by atoms with Crippen LogP contribution in [0.1, 0.15) is 18.4 Å². The molecule has 1 N–H and O–H groups in total. The molecular weight excluding hydrogens is 312 g/mol. The first-order valence-electron chi connectivity index (χ1n) is 8.37. The second-order valence-corrected chi connectivity index (χ2v) is 6.15. The molecule has 0 radical (unpaired) electrons. The van der Waals surface area contributed by atoms with Crippen LogP contribution >= 0.6 is 0 Å². The van der Waals surface area contributed by atoms with Crippen molar-refractivity contribution >= 4 is 34.3 Å². The Labute approximate surface area is 146 Å². The zero-order valence-electron chi connectivity index (χ0n) is 13.7. The van der Waals surface area contributed by atoms with Crippen molar-refractivity contribution in [2.45, 2.75) is 12.8 Å². The molecular formula is C21H18N2O2. The van der Waals surface area contributed by atoms with Crippen LogP contribution in [0.25, 0.3) is 10.8 Å². The molecule has 0 aliphatic carbocycles. The Balaban J connectivity index is 1.69. The number of rotatable bonds is 3. The van der Waals surface area contributed by atoms with E-state index in [4.69, 9.17) is 0 Å². The highest BCUT2D eigenvalue weighted by Crippen LogP contribution is 2.28. The summed E-state index contributed by atoms with van der Waals surface area (Å²) >= 11 is 0. The van der Waals surface area contributed by atoms with E-state index in [1.54, 1.807) is 17.2 Å². The van der Waals surface area contributed by atoms with Gasteiger partial charge in [-0.05, 0) is 41.5 Å². The van der Waals surface area contributed by atoms with Crippen molar-refractivity contribution in [1.29, 1.82) is 0 Å². The van der Waals surface area contributed by atoms with Gasteiger partial charge in [-0.1, -0.05) is 36.4 Å². The van der Waals surface area contributed by atoms with Crippen molar-refractivity contribution in [2.75, 3.05) is 11.4 Å². The fourth-order valence-corrected chi connectivity index (χ4v) is 3.22. The molecule has 0 saturated carbocycles. The van der Waals surface area contributed by atoms with E-state index in [0.29, 0.717) is 12.0 Å². The Morgan fingerprint density at radius 3 is 2.76 bits per heavy atom. The summed E-state index contributed by atoms with van der Waals surface area (Å²) in [6, 6.07) is 19.1. The van der Waals surface area contributed by atoms with Gasteiger partial charge in [-0.3, -0.25) is 9.79 Å². The topological polar surface area (TPSA) is 52.9 Å². The molecule has 124 valence electrons. The van der Waals surface area contributed by atoms with Crippen molar-refractivity contribution in [1.82, 2.24) is 0 Å². The minimum Gasteiger partial charge on any atom is -0.507 e. The molecule has 1 aliphatic rings. The van der Waals surface area contributed by atoms with E-state index < -0.39 is 0 Å². The average molecular weight is 330 g/mol. The molecule has 1 amide bonds. The van der Waals surface area contributed by atoms with Gasteiger partial charge in [0.05, 0.1) is 5.69 Å². The van der Waals surface area contributed by atoms with Gasteiger partial charge in [-0.2, -0.15) is 0 Å².